The van der Waals surface area contributed by atoms with Crippen molar-refractivity contribution in [3.05, 3.63) is 127 Å². The van der Waals surface area contributed by atoms with E-state index < -0.39 is 26.6 Å². The van der Waals surface area contributed by atoms with Crippen LogP contribution in [-0.4, -0.2) is 33.4 Å². The van der Waals surface area contributed by atoms with Gasteiger partial charge in [-0.1, -0.05) is 0 Å². The molecular weight excluding hydrogens is 542 g/mol. The monoisotopic (exact) mass is 575 g/mol. The molecule has 1 N–H and O–H groups in total. The quantitative estimate of drug-likeness (QED) is 0.206. The zero-order valence-corrected chi connectivity index (χ0v) is 24.1. The van der Waals surface area contributed by atoms with Gasteiger partial charge in [0.05, 0.1) is 0 Å². The molecule has 0 saturated heterocycles. The molecule has 5 nitrogen and oxygen atoms in total. The average molecular weight is 574 g/mol. The molecule has 0 radical (unpaired) electrons. The second kappa shape index (κ2) is 12.5. The van der Waals surface area contributed by atoms with Crippen LogP contribution < -0.4 is 18.5 Å². The minimum absolute atomic E-state index is 0.194. The molecule has 0 spiro atoms. The summed E-state index contributed by atoms with van der Waals surface area (Å²) in [6.45, 7) is 0. The third-order valence-corrected chi connectivity index (χ3v) is 19.2. The van der Waals surface area contributed by atoms with Gasteiger partial charge in [-0.15, -0.1) is 0 Å². The van der Waals surface area contributed by atoms with E-state index >= 15 is 0 Å². The molecule has 0 aliphatic heterocycles. The molecule has 0 heterocycles. The van der Waals surface area contributed by atoms with E-state index in [1.54, 1.807) is 0 Å². The van der Waals surface area contributed by atoms with Crippen molar-refractivity contribution in [2.75, 3.05) is 14.2 Å². The summed E-state index contributed by atoms with van der Waals surface area (Å²) in [7, 11) is -0.942. The molecule has 190 valence electrons. The first-order valence-corrected chi connectivity index (χ1v) is 18.5. The predicted molar refractivity (Wildman–Crippen MR) is 152 cm³/mol. The Hall–Kier alpha value is -2.96. The number of amides is 1. The number of rotatable bonds is 11. The molecule has 0 aliphatic rings. The van der Waals surface area contributed by atoms with Crippen molar-refractivity contribution in [1.29, 1.82) is 0 Å². The summed E-state index contributed by atoms with van der Waals surface area (Å²) < 4.78 is 27.8. The Labute approximate surface area is 221 Å². The number of hydrogen-bond acceptors (Lipinski definition) is 4. The van der Waals surface area contributed by atoms with Crippen molar-refractivity contribution in [2.24, 2.45) is 0 Å². The van der Waals surface area contributed by atoms with Gasteiger partial charge in [0, 0.05) is 0 Å². The van der Waals surface area contributed by atoms with Crippen LogP contribution in [0.2, 0.25) is 5.25 Å². The summed E-state index contributed by atoms with van der Waals surface area (Å²) in [5, 5.41) is 3.67. The van der Waals surface area contributed by atoms with Gasteiger partial charge in [-0.05, 0) is 0 Å². The number of hydrogen-bond donors (Lipinski definition) is 1. The van der Waals surface area contributed by atoms with Crippen LogP contribution in [0.5, 0.6) is 0 Å². The summed E-state index contributed by atoms with van der Waals surface area (Å²) in [6.07, 6.45) is 0.273. The predicted octanol–water partition coefficient (Wildman–Crippen LogP) is 4.85. The third-order valence-electron chi connectivity index (χ3n) is 6.77. The van der Waals surface area contributed by atoms with Gasteiger partial charge in [0.1, 0.15) is 0 Å². The van der Waals surface area contributed by atoms with Crippen LogP contribution in [0.3, 0.4) is 0 Å². The number of carbonyl (C=O) groups excluding carboxylic acids is 1. The second-order valence-electron chi connectivity index (χ2n) is 8.79. The molecule has 1 amide bonds. The SMILES string of the molecule is COP(=O)(OC)C(NC(=O)C[CH2][Ge]([c]1ccccc1)([c]1ccccc1)[c]1ccccc1)c1ccccc1. The van der Waals surface area contributed by atoms with Gasteiger partial charge in [0.15, 0.2) is 0 Å². The second-order valence-corrected chi connectivity index (χ2v) is 19.6. The van der Waals surface area contributed by atoms with E-state index in [0.717, 1.165) is 0 Å². The van der Waals surface area contributed by atoms with Crippen LogP contribution in [-0.2, 0) is 18.4 Å². The van der Waals surface area contributed by atoms with E-state index in [4.69, 9.17) is 9.05 Å². The van der Waals surface area contributed by atoms with E-state index in [9.17, 15) is 9.36 Å². The van der Waals surface area contributed by atoms with Crippen LogP contribution in [0.4, 0.5) is 0 Å². The Morgan fingerprint density at radius 2 is 1.08 bits per heavy atom. The maximum atomic E-state index is 13.5. The molecule has 7 heteroatoms. The van der Waals surface area contributed by atoms with Crippen LogP contribution in [0.15, 0.2) is 121 Å². The van der Waals surface area contributed by atoms with Crippen molar-refractivity contribution < 1.29 is 18.4 Å². The molecule has 0 aliphatic carbocycles. The zero-order chi connectivity index (χ0) is 26.1. The van der Waals surface area contributed by atoms with Gasteiger partial charge in [0.2, 0.25) is 0 Å². The fraction of sp³-hybridized carbons (Fsp3) is 0.167. The fourth-order valence-corrected chi connectivity index (χ4v) is 16.3. The molecule has 0 bridgehead atoms. The molecule has 1 unspecified atom stereocenters. The van der Waals surface area contributed by atoms with Gasteiger partial charge in [-0.3, -0.25) is 0 Å². The van der Waals surface area contributed by atoms with E-state index in [1.807, 2.05) is 48.5 Å². The normalized spacial score (nSPS) is 12.6. The molecule has 1 atom stereocenters. The van der Waals surface area contributed by atoms with Crippen LogP contribution >= 0.6 is 7.60 Å². The van der Waals surface area contributed by atoms with Crippen molar-refractivity contribution >= 4 is 40.0 Å². The van der Waals surface area contributed by atoms with Crippen LogP contribution in [0.1, 0.15) is 17.8 Å². The van der Waals surface area contributed by atoms with Gasteiger partial charge >= 0.3 is 222 Å². The maximum absolute atomic E-state index is 13.5. The Bertz CT molecular complexity index is 1220. The third kappa shape index (κ3) is 5.97. The molecule has 4 rings (SSSR count). The van der Waals surface area contributed by atoms with Crippen LogP contribution in [0, 0.1) is 0 Å². The molecule has 37 heavy (non-hydrogen) atoms. The molecule has 0 aromatic heterocycles. The summed E-state index contributed by atoms with van der Waals surface area (Å²) in [5.74, 6) is -1.09. The van der Waals surface area contributed by atoms with Gasteiger partial charge in [-0.2, -0.15) is 0 Å². The average Bonchev–Trinajstić information content (AvgIpc) is 2.98. The molecular formula is C30H32GeNO4P. The Kier molecular flexibility index (Phi) is 9.17. The molecule has 4 aromatic carbocycles. The summed E-state index contributed by atoms with van der Waals surface area (Å²) in [5.41, 5.74) is 0.671. The molecule has 0 fully saturated rings. The van der Waals surface area contributed by atoms with E-state index in [-0.39, 0.29) is 12.3 Å². The van der Waals surface area contributed by atoms with Gasteiger partial charge in [-0.25, -0.2) is 0 Å². The minimum atomic E-state index is -3.62. The Morgan fingerprint density at radius 3 is 1.46 bits per heavy atom. The number of benzene rings is 4. The first kappa shape index (κ1) is 27.1. The van der Waals surface area contributed by atoms with Crippen LogP contribution in [0.25, 0.3) is 0 Å². The summed E-state index contributed by atoms with van der Waals surface area (Å²) in [6, 6.07) is 40.8. The van der Waals surface area contributed by atoms with Gasteiger partial charge < -0.3 is 0 Å². The van der Waals surface area contributed by atoms with Crippen molar-refractivity contribution in [2.45, 2.75) is 17.5 Å². The first-order chi connectivity index (χ1) is 18.0. The van der Waals surface area contributed by atoms with E-state index in [0.29, 0.717) is 10.8 Å². The molecule has 4 aromatic rings. The Morgan fingerprint density at radius 1 is 0.703 bits per heavy atom. The summed E-state index contributed by atoms with van der Waals surface area (Å²) >= 11 is -3.28. The molecule has 0 saturated carbocycles. The Balaban J connectivity index is 1.71. The summed E-state index contributed by atoms with van der Waals surface area (Å²) in [4.78, 5) is 13.5. The van der Waals surface area contributed by atoms with Crippen molar-refractivity contribution in [3.8, 4) is 0 Å². The van der Waals surface area contributed by atoms with E-state index in [2.05, 4.69) is 78.1 Å². The topological polar surface area (TPSA) is 64.6 Å². The number of carbonyl (C=O) groups is 1. The standard InChI is InChI=1S/C30H32GeNO4P/c1-35-37(34,36-2)30(25-15-7-3-8-16-25)32-29(33)23-24-31(26-17-9-4-10-18-26,27-19-11-5-12-20-27)28-21-13-6-14-22-28/h3-22,30H,23-24H2,1-2H3,(H,32,33). The zero-order valence-electron chi connectivity index (χ0n) is 21.1. The van der Waals surface area contributed by atoms with Crippen molar-refractivity contribution in [3.63, 3.8) is 0 Å². The number of nitrogens with one attached hydrogen (secondary N) is 1. The van der Waals surface area contributed by atoms with E-state index in [1.165, 1.54) is 27.4 Å². The fourth-order valence-electron chi connectivity index (χ4n) is 4.89. The van der Waals surface area contributed by atoms with Crippen molar-refractivity contribution in [1.82, 2.24) is 5.32 Å². The van der Waals surface area contributed by atoms with Gasteiger partial charge in [0.25, 0.3) is 0 Å². The first-order valence-electron chi connectivity index (χ1n) is 12.3.